The lowest BCUT2D eigenvalue weighted by Gasteiger charge is -2.34. The summed E-state index contributed by atoms with van der Waals surface area (Å²) in [5.74, 6) is -2.36. The van der Waals surface area contributed by atoms with Gasteiger partial charge in [-0.25, -0.2) is 0 Å². The van der Waals surface area contributed by atoms with Crippen LogP contribution >= 0.6 is 0 Å². The molecule has 4 nitrogen and oxygen atoms in total. The van der Waals surface area contributed by atoms with Crippen LogP contribution in [0.5, 0.6) is 0 Å². The van der Waals surface area contributed by atoms with E-state index in [1.807, 2.05) is 24.3 Å². The average molecular weight is 306 g/mol. The summed E-state index contributed by atoms with van der Waals surface area (Å²) in [5.41, 5.74) is 0.944. The molecule has 2 aromatic rings. The van der Waals surface area contributed by atoms with Gasteiger partial charge in [0.15, 0.2) is 17.4 Å². The summed E-state index contributed by atoms with van der Waals surface area (Å²) in [5, 5.41) is 12.4. The number of hydrogen-bond acceptors (Lipinski definition) is 4. The Balaban J connectivity index is 2.01. The zero-order valence-corrected chi connectivity index (χ0v) is 12.5. The van der Waals surface area contributed by atoms with E-state index in [1.165, 1.54) is 7.11 Å². The minimum absolute atomic E-state index is 0.0373. The molecule has 114 valence electrons. The van der Waals surface area contributed by atoms with E-state index in [1.54, 1.807) is 24.3 Å². The number of fused-ring (bicyclic) bond motifs is 2. The molecule has 1 unspecified atom stereocenters. The molecule has 0 saturated carbocycles. The molecule has 0 bridgehead atoms. The van der Waals surface area contributed by atoms with Gasteiger partial charge in [0.2, 0.25) is 0 Å². The van der Waals surface area contributed by atoms with Gasteiger partial charge in [-0.1, -0.05) is 36.4 Å². The largest absolute Gasteiger partial charge is 0.361 e. The van der Waals surface area contributed by atoms with Crippen molar-refractivity contribution in [3.63, 3.8) is 0 Å². The predicted octanol–water partition coefficient (Wildman–Crippen LogP) is 2.81. The van der Waals surface area contributed by atoms with Crippen molar-refractivity contribution in [3.05, 3.63) is 70.8 Å². The summed E-state index contributed by atoms with van der Waals surface area (Å²) in [6, 6.07) is 11.0. The maximum absolute atomic E-state index is 12.9. The van der Waals surface area contributed by atoms with Crippen molar-refractivity contribution in [1.29, 1.82) is 0 Å². The molecule has 4 rings (SSSR count). The molecule has 23 heavy (non-hydrogen) atoms. The Morgan fingerprint density at radius 1 is 1.04 bits per heavy atom. The minimum atomic E-state index is -1.75. The number of carbonyl (C=O) groups is 2. The number of hydrogen-bond donors (Lipinski definition) is 1. The molecule has 0 amide bonds. The third-order valence-electron chi connectivity index (χ3n) is 4.52. The van der Waals surface area contributed by atoms with Gasteiger partial charge in [-0.2, -0.15) is 0 Å². The van der Waals surface area contributed by atoms with Gasteiger partial charge in [-0.15, -0.1) is 0 Å². The fourth-order valence-corrected chi connectivity index (χ4v) is 3.30. The van der Waals surface area contributed by atoms with E-state index in [9.17, 15) is 14.7 Å². The molecule has 0 spiro atoms. The molecule has 1 N–H and O–H groups in total. The molecular weight excluding hydrogens is 292 g/mol. The highest BCUT2D eigenvalue weighted by molar-refractivity contribution is 6.29. The SMILES string of the molecule is COC1(O)CC=CC2=C1C(=O)c1cc3ccccc3cc1C2=O. The van der Waals surface area contributed by atoms with E-state index >= 15 is 0 Å². The molecule has 1 atom stereocenters. The Labute approximate surface area is 132 Å². The number of aliphatic hydroxyl groups is 1. The average Bonchev–Trinajstić information content (AvgIpc) is 2.58. The fourth-order valence-electron chi connectivity index (χ4n) is 3.30. The number of allylic oxidation sites excluding steroid dienone is 2. The molecule has 2 aromatic carbocycles. The molecule has 2 aliphatic carbocycles. The predicted molar refractivity (Wildman–Crippen MR) is 85.4 cm³/mol. The van der Waals surface area contributed by atoms with Gasteiger partial charge in [0.05, 0.1) is 5.57 Å². The van der Waals surface area contributed by atoms with E-state index in [0.717, 1.165) is 10.8 Å². The zero-order chi connectivity index (χ0) is 16.2. The quantitative estimate of drug-likeness (QED) is 0.823. The van der Waals surface area contributed by atoms with E-state index in [-0.39, 0.29) is 29.1 Å². The van der Waals surface area contributed by atoms with Crippen LogP contribution < -0.4 is 0 Å². The molecule has 0 heterocycles. The van der Waals surface area contributed by atoms with Gasteiger partial charge in [-0.05, 0) is 22.9 Å². The first-order valence-corrected chi connectivity index (χ1v) is 7.36. The number of rotatable bonds is 1. The summed E-state index contributed by atoms with van der Waals surface area (Å²) < 4.78 is 5.14. The summed E-state index contributed by atoms with van der Waals surface area (Å²) >= 11 is 0. The van der Waals surface area contributed by atoms with Crippen LogP contribution in [0.25, 0.3) is 10.8 Å². The Bertz CT molecular complexity index is 936. The third kappa shape index (κ3) is 1.86. The first kappa shape index (κ1) is 14.1. The second-order valence-electron chi connectivity index (χ2n) is 5.79. The topological polar surface area (TPSA) is 63.6 Å². The molecule has 2 aliphatic rings. The van der Waals surface area contributed by atoms with Crippen LogP contribution in [-0.4, -0.2) is 29.6 Å². The standard InChI is InChI=1S/C19H14O4/c1-23-19(22)8-4-7-13-16(19)18(21)15-10-12-6-3-2-5-11(12)9-14(15)17(13)20/h2-7,9-10,22H,8H2,1H3. The lowest BCUT2D eigenvalue weighted by Crippen LogP contribution is -2.42. The number of carbonyl (C=O) groups excluding carboxylic acids is 2. The van der Waals surface area contributed by atoms with Crippen molar-refractivity contribution in [1.82, 2.24) is 0 Å². The number of benzene rings is 2. The van der Waals surface area contributed by atoms with Crippen molar-refractivity contribution in [2.24, 2.45) is 0 Å². The maximum atomic E-state index is 12.9. The summed E-state index contributed by atoms with van der Waals surface area (Å²) in [6.07, 6.45) is 3.39. The molecule has 0 saturated heterocycles. The number of methoxy groups -OCH3 is 1. The summed E-state index contributed by atoms with van der Waals surface area (Å²) in [7, 11) is 1.33. The normalized spacial score (nSPS) is 23.2. The smallest absolute Gasteiger partial charge is 0.200 e. The number of ketones is 2. The van der Waals surface area contributed by atoms with Crippen molar-refractivity contribution in [2.45, 2.75) is 12.2 Å². The van der Waals surface area contributed by atoms with Gasteiger partial charge in [0, 0.05) is 30.2 Å². The first-order chi connectivity index (χ1) is 11.0. The van der Waals surface area contributed by atoms with Crippen molar-refractivity contribution < 1.29 is 19.4 Å². The van der Waals surface area contributed by atoms with E-state index in [0.29, 0.717) is 11.1 Å². The van der Waals surface area contributed by atoms with Crippen LogP contribution in [0.15, 0.2) is 59.7 Å². The summed E-state index contributed by atoms with van der Waals surface area (Å²) in [6.45, 7) is 0. The van der Waals surface area contributed by atoms with Gasteiger partial charge in [-0.3, -0.25) is 9.59 Å². The molecule has 0 fully saturated rings. The van der Waals surface area contributed by atoms with Gasteiger partial charge in [0.1, 0.15) is 0 Å². The second-order valence-corrected chi connectivity index (χ2v) is 5.79. The van der Waals surface area contributed by atoms with Crippen molar-refractivity contribution in [2.75, 3.05) is 7.11 Å². The highest BCUT2D eigenvalue weighted by atomic mass is 16.6. The van der Waals surface area contributed by atoms with E-state index in [4.69, 9.17) is 4.74 Å². The van der Waals surface area contributed by atoms with Crippen LogP contribution in [0.1, 0.15) is 27.1 Å². The monoisotopic (exact) mass is 306 g/mol. The third-order valence-corrected chi connectivity index (χ3v) is 4.52. The highest BCUT2D eigenvalue weighted by Crippen LogP contribution is 2.39. The molecule has 0 aromatic heterocycles. The minimum Gasteiger partial charge on any atom is -0.361 e. The van der Waals surface area contributed by atoms with Gasteiger partial charge >= 0.3 is 0 Å². The van der Waals surface area contributed by atoms with E-state index < -0.39 is 5.79 Å². The Kier molecular flexibility index (Phi) is 2.88. The second kappa shape index (κ2) is 4.72. The number of ether oxygens (including phenoxy) is 1. The lowest BCUT2D eigenvalue weighted by molar-refractivity contribution is -0.150. The van der Waals surface area contributed by atoms with Crippen molar-refractivity contribution >= 4 is 22.3 Å². The Morgan fingerprint density at radius 2 is 1.65 bits per heavy atom. The Morgan fingerprint density at radius 3 is 2.26 bits per heavy atom. The van der Waals surface area contributed by atoms with Crippen LogP contribution in [0, 0.1) is 0 Å². The lowest BCUT2D eigenvalue weighted by atomic mass is 9.76. The molecule has 4 heteroatoms. The fraction of sp³-hybridized carbons (Fsp3) is 0.158. The summed E-state index contributed by atoms with van der Waals surface area (Å²) in [4.78, 5) is 25.7. The van der Waals surface area contributed by atoms with E-state index in [2.05, 4.69) is 0 Å². The van der Waals surface area contributed by atoms with Crippen LogP contribution in [0.3, 0.4) is 0 Å². The molecule has 0 radical (unpaired) electrons. The van der Waals surface area contributed by atoms with Crippen molar-refractivity contribution in [3.8, 4) is 0 Å². The molecular formula is C19H14O4. The first-order valence-electron chi connectivity index (χ1n) is 7.36. The number of Topliss-reactive ketones (excluding diaryl/α,β-unsaturated/α-hetero) is 2. The Hall–Kier alpha value is -2.56. The molecule has 0 aliphatic heterocycles. The highest BCUT2D eigenvalue weighted by Gasteiger charge is 2.44. The van der Waals surface area contributed by atoms with Crippen LogP contribution in [-0.2, 0) is 4.74 Å². The van der Waals surface area contributed by atoms with Gasteiger partial charge < -0.3 is 9.84 Å². The zero-order valence-electron chi connectivity index (χ0n) is 12.5. The van der Waals surface area contributed by atoms with Crippen LogP contribution in [0.4, 0.5) is 0 Å². The maximum Gasteiger partial charge on any atom is 0.200 e. The van der Waals surface area contributed by atoms with Gasteiger partial charge in [0.25, 0.3) is 0 Å². The van der Waals surface area contributed by atoms with Crippen LogP contribution in [0.2, 0.25) is 0 Å².